The Labute approximate surface area is 216 Å². The van der Waals surface area contributed by atoms with Gasteiger partial charge in [0.15, 0.2) is 0 Å². The van der Waals surface area contributed by atoms with Crippen molar-refractivity contribution in [3.05, 3.63) is 41.6 Å². The molecule has 0 radical (unpaired) electrons. The number of hydrogen-bond donors (Lipinski definition) is 3. The molecule has 3 amide bonds. The topological polar surface area (TPSA) is 117 Å². The van der Waals surface area contributed by atoms with Gasteiger partial charge in [0, 0.05) is 19.2 Å². The summed E-state index contributed by atoms with van der Waals surface area (Å²) in [5.74, 6) is -1.42. The van der Waals surface area contributed by atoms with Crippen molar-refractivity contribution in [1.82, 2.24) is 15.5 Å². The third-order valence-corrected chi connectivity index (χ3v) is 4.37. The molecule has 1 unspecified atom stereocenters. The number of benzene rings is 1. The lowest BCUT2D eigenvalue weighted by molar-refractivity contribution is -0.142. The van der Waals surface area contributed by atoms with Crippen molar-refractivity contribution in [2.45, 2.75) is 67.0 Å². The fraction of sp³-hybridized carbons (Fsp3) is 0.481. The van der Waals surface area contributed by atoms with Crippen molar-refractivity contribution in [1.29, 1.82) is 0 Å². The summed E-state index contributed by atoms with van der Waals surface area (Å²) in [6.07, 6.45) is 11.5. The lowest BCUT2D eigenvalue weighted by Gasteiger charge is -2.23. The van der Waals surface area contributed by atoms with Crippen LogP contribution in [0, 0.1) is 12.8 Å². The monoisotopic (exact) mass is 502 g/mol. The first-order chi connectivity index (χ1) is 17.2. The van der Waals surface area contributed by atoms with E-state index in [0.717, 1.165) is 5.56 Å². The highest BCUT2D eigenvalue weighted by Gasteiger charge is 2.29. The van der Waals surface area contributed by atoms with Crippen LogP contribution in [0.1, 0.15) is 59.9 Å². The van der Waals surface area contributed by atoms with Crippen LogP contribution < -0.4 is 16.0 Å². The second-order valence-electron chi connectivity index (χ2n) is 7.29. The molecule has 0 spiro atoms. The summed E-state index contributed by atoms with van der Waals surface area (Å²) < 4.78 is 4.90. The van der Waals surface area contributed by atoms with Gasteiger partial charge in [-0.15, -0.1) is 12.8 Å². The Morgan fingerprint density at radius 3 is 2.14 bits per heavy atom. The molecule has 1 atom stereocenters. The maximum atomic E-state index is 12.4. The highest BCUT2D eigenvalue weighted by atomic mass is 16.5. The van der Waals surface area contributed by atoms with Crippen LogP contribution in [-0.2, 0) is 30.5 Å². The number of carbonyl (C=O) groups excluding carboxylic acids is 4. The van der Waals surface area contributed by atoms with Crippen LogP contribution in [0.2, 0.25) is 0 Å². The van der Waals surface area contributed by atoms with Gasteiger partial charge in [0.2, 0.25) is 11.8 Å². The zero-order valence-electron chi connectivity index (χ0n) is 22.6. The molecule has 1 aromatic carbocycles. The lowest BCUT2D eigenvalue weighted by Crippen LogP contribution is -2.45. The largest absolute Gasteiger partial charge is 0.461 e. The SMILES string of the molecule is C#C.CC.CCC.CNC(C)C(=O)N1CCC=C1C(=O)NCC(=O)Nc1ccc(COC(C)=O)cc1. The molecule has 200 valence electrons. The van der Waals surface area contributed by atoms with Gasteiger partial charge in [-0.3, -0.25) is 19.2 Å². The van der Waals surface area contributed by atoms with Gasteiger partial charge in [0.25, 0.3) is 5.91 Å². The minimum absolute atomic E-state index is 0.163. The summed E-state index contributed by atoms with van der Waals surface area (Å²) in [6, 6.07) is 6.41. The number of terminal acetylenes is 1. The standard InChI is InChI=1S/C20H26N4O5.C3H8.C2H6.C2H2/c1-13(21-3)20(28)24-10-4-5-17(24)19(27)22-11-18(26)23-16-8-6-15(7-9-16)12-29-14(2)25;1-3-2;2*1-2/h5-9,13,21H,4,10-12H2,1-3H3,(H,22,27)(H,23,26);3H2,1-2H3;1-2H3;1-2H. The van der Waals surface area contributed by atoms with Gasteiger partial charge in [0.1, 0.15) is 12.3 Å². The normalized spacial score (nSPS) is 12.0. The van der Waals surface area contributed by atoms with Crippen molar-refractivity contribution in [3.63, 3.8) is 0 Å². The van der Waals surface area contributed by atoms with E-state index in [9.17, 15) is 19.2 Å². The summed E-state index contributed by atoms with van der Waals surface area (Å²) in [6.45, 7) is 11.7. The first-order valence-corrected chi connectivity index (χ1v) is 12.1. The molecule has 0 aromatic heterocycles. The number of ether oxygens (including phenoxy) is 1. The smallest absolute Gasteiger partial charge is 0.302 e. The molecule has 1 aliphatic heterocycles. The third kappa shape index (κ3) is 13.3. The van der Waals surface area contributed by atoms with Crippen LogP contribution in [-0.4, -0.2) is 54.8 Å². The molecule has 0 fully saturated rings. The van der Waals surface area contributed by atoms with Gasteiger partial charge < -0.3 is 25.6 Å². The quantitative estimate of drug-likeness (QED) is 0.371. The molecule has 0 saturated carbocycles. The highest BCUT2D eigenvalue weighted by Crippen LogP contribution is 2.16. The molecule has 0 aliphatic carbocycles. The van der Waals surface area contributed by atoms with E-state index in [-0.39, 0.29) is 30.7 Å². The third-order valence-electron chi connectivity index (χ3n) is 4.37. The Hall–Kier alpha value is -3.64. The van der Waals surface area contributed by atoms with E-state index in [2.05, 4.69) is 42.6 Å². The van der Waals surface area contributed by atoms with E-state index in [1.54, 1.807) is 44.3 Å². The predicted molar refractivity (Wildman–Crippen MR) is 144 cm³/mol. The Bertz CT molecular complexity index is 863. The lowest BCUT2D eigenvalue weighted by atomic mass is 10.2. The van der Waals surface area contributed by atoms with Crippen molar-refractivity contribution in [3.8, 4) is 12.8 Å². The van der Waals surface area contributed by atoms with Gasteiger partial charge in [-0.2, -0.15) is 0 Å². The fourth-order valence-electron chi connectivity index (χ4n) is 2.69. The number of rotatable bonds is 8. The number of esters is 1. The maximum Gasteiger partial charge on any atom is 0.302 e. The van der Waals surface area contributed by atoms with Crippen LogP contribution in [0.15, 0.2) is 36.0 Å². The first kappa shape index (κ1) is 34.5. The average Bonchev–Trinajstić information content (AvgIpc) is 3.39. The zero-order chi connectivity index (χ0) is 28.1. The summed E-state index contributed by atoms with van der Waals surface area (Å²) in [4.78, 5) is 49.0. The van der Waals surface area contributed by atoms with Gasteiger partial charge in [-0.25, -0.2) is 0 Å². The molecule has 0 bridgehead atoms. The summed E-state index contributed by atoms with van der Waals surface area (Å²) >= 11 is 0. The van der Waals surface area contributed by atoms with Crippen molar-refractivity contribution >= 4 is 29.4 Å². The zero-order valence-corrected chi connectivity index (χ0v) is 22.6. The minimum atomic E-state index is -0.467. The van der Waals surface area contributed by atoms with Gasteiger partial charge in [-0.1, -0.05) is 52.3 Å². The number of nitrogens with zero attached hydrogens (tertiary/aromatic N) is 1. The Morgan fingerprint density at radius 1 is 1.08 bits per heavy atom. The Morgan fingerprint density at radius 2 is 1.64 bits per heavy atom. The van der Waals surface area contributed by atoms with Crippen molar-refractivity contribution in [2.75, 3.05) is 25.5 Å². The molecular formula is C27H42N4O5. The van der Waals surface area contributed by atoms with Crippen molar-refractivity contribution in [2.24, 2.45) is 0 Å². The second kappa shape index (κ2) is 20.7. The first-order valence-electron chi connectivity index (χ1n) is 12.1. The van der Waals surface area contributed by atoms with Gasteiger partial charge >= 0.3 is 5.97 Å². The molecule has 9 nitrogen and oxygen atoms in total. The Kier molecular flexibility index (Phi) is 19.9. The van der Waals surface area contributed by atoms with Crippen LogP contribution in [0.5, 0.6) is 0 Å². The van der Waals surface area contributed by atoms with Crippen LogP contribution in [0.3, 0.4) is 0 Å². The molecule has 1 aromatic rings. The summed E-state index contributed by atoms with van der Waals surface area (Å²) in [5.41, 5.74) is 1.61. The van der Waals surface area contributed by atoms with Gasteiger partial charge in [-0.05, 0) is 38.1 Å². The minimum Gasteiger partial charge on any atom is -0.461 e. The van der Waals surface area contributed by atoms with Crippen molar-refractivity contribution < 1.29 is 23.9 Å². The molecule has 0 saturated heterocycles. The fourth-order valence-corrected chi connectivity index (χ4v) is 2.69. The van der Waals surface area contributed by atoms with E-state index in [4.69, 9.17) is 4.74 Å². The maximum absolute atomic E-state index is 12.4. The molecule has 9 heteroatoms. The van der Waals surface area contributed by atoms with E-state index in [1.165, 1.54) is 18.2 Å². The predicted octanol–water partition coefficient (Wildman–Crippen LogP) is 3.22. The molecule has 36 heavy (non-hydrogen) atoms. The van der Waals surface area contributed by atoms with E-state index in [0.29, 0.717) is 18.7 Å². The van der Waals surface area contributed by atoms with Crippen LogP contribution >= 0.6 is 0 Å². The average molecular weight is 503 g/mol. The number of likely N-dealkylation sites (N-methyl/N-ethyl adjacent to an activating group) is 1. The van der Waals surface area contributed by atoms with E-state index >= 15 is 0 Å². The number of anilines is 1. The summed E-state index contributed by atoms with van der Waals surface area (Å²) in [7, 11) is 1.68. The number of hydrogen-bond acceptors (Lipinski definition) is 6. The van der Waals surface area contributed by atoms with E-state index in [1.807, 2.05) is 13.8 Å². The number of amides is 3. The van der Waals surface area contributed by atoms with E-state index < -0.39 is 17.9 Å². The Balaban J connectivity index is 0. The molecule has 1 heterocycles. The highest BCUT2D eigenvalue weighted by molar-refractivity contribution is 6.01. The van der Waals surface area contributed by atoms with Crippen LogP contribution in [0.4, 0.5) is 5.69 Å². The number of nitrogens with one attached hydrogen (secondary N) is 3. The molecule has 3 N–H and O–H groups in total. The van der Waals surface area contributed by atoms with Crippen LogP contribution in [0.25, 0.3) is 0 Å². The number of carbonyl (C=O) groups is 4. The summed E-state index contributed by atoms with van der Waals surface area (Å²) in [5, 5.41) is 8.07. The van der Waals surface area contributed by atoms with Gasteiger partial charge in [0.05, 0.1) is 12.6 Å². The molecule has 2 rings (SSSR count). The molecular weight excluding hydrogens is 460 g/mol. The molecule has 1 aliphatic rings. The second-order valence-corrected chi connectivity index (χ2v) is 7.29.